The number of hydrogen-bond donors (Lipinski definition) is 1. The van der Waals surface area contributed by atoms with Gasteiger partial charge in [-0.1, -0.05) is 24.3 Å². The topological polar surface area (TPSA) is 102 Å². The largest absolute Gasteiger partial charge is 0.453 e. The number of anilines is 1. The van der Waals surface area contributed by atoms with E-state index in [1.54, 1.807) is 24.3 Å². The van der Waals surface area contributed by atoms with Crippen molar-refractivity contribution in [1.82, 2.24) is 24.1 Å². The van der Waals surface area contributed by atoms with Crippen LogP contribution in [0.5, 0.6) is 0 Å². The van der Waals surface area contributed by atoms with Gasteiger partial charge >= 0.3 is 6.18 Å². The van der Waals surface area contributed by atoms with Crippen molar-refractivity contribution >= 4 is 21.5 Å². The van der Waals surface area contributed by atoms with Gasteiger partial charge in [0.05, 0.1) is 19.0 Å². The molecule has 0 saturated carbocycles. The first-order valence-electron chi connectivity index (χ1n) is 9.40. The third-order valence-corrected chi connectivity index (χ3v) is 6.62. The normalized spacial score (nSPS) is 16.0. The number of nitrogens with one attached hydrogen (secondary N) is 1. The van der Waals surface area contributed by atoms with E-state index in [-0.39, 0.29) is 23.8 Å². The number of ether oxygens (including phenoxy) is 1. The molecule has 1 aliphatic rings. The Morgan fingerprint density at radius 2 is 1.74 bits per heavy atom. The summed E-state index contributed by atoms with van der Waals surface area (Å²) < 4.78 is 71.9. The van der Waals surface area contributed by atoms with Crippen LogP contribution in [0.4, 0.5) is 19.0 Å². The van der Waals surface area contributed by atoms with E-state index in [1.165, 1.54) is 16.4 Å². The molecule has 31 heavy (non-hydrogen) atoms. The lowest BCUT2D eigenvalue weighted by atomic mass is 10.1. The van der Waals surface area contributed by atoms with Crippen LogP contribution in [0.2, 0.25) is 0 Å². The van der Waals surface area contributed by atoms with Gasteiger partial charge < -0.3 is 10.1 Å². The average molecular weight is 456 g/mol. The van der Waals surface area contributed by atoms with Gasteiger partial charge in [-0.3, -0.25) is 0 Å². The Balaban J connectivity index is 1.52. The van der Waals surface area contributed by atoms with Crippen molar-refractivity contribution in [3.05, 3.63) is 53.3 Å². The second kappa shape index (κ2) is 8.40. The molecule has 0 unspecified atom stereocenters. The molecule has 0 atom stereocenters. The maximum atomic E-state index is 13.0. The molecular weight excluding hydrogens is 437 g/mol. The number of alkyl halides is 3. The van der Waals surface area contributed by atoms with Crippen molar-refractivity contribution in [3.63, 3.8) is 0 Å². The molecule has 4 rings (SSSR count). The highest BCUT2D eigenvalue weighted by Crippen LogP contribution is 2.27. The SMILES string of the molecule is O=S(=O)(Cc1ccccc1CNc1ccc2nnc(C(F)(F)F)n2n1)N1CCOCC1. The first-order chi connectivity index (χ1) is 14.7. The van der Waals surface area contributed by atoms with Crippen LogP contribution >= 0.6 is 0 Å². The van der Waals surface area contributed by atoms with E-state index in [0.29, 0.717) is 41.9 Å². The predicted octanol–water partition coefficient (Wildman–Crippen LogP) is 1.92. The van der Waals surface area contributed by atoms with Gasteiger partial charge in [0.25, 0.3) is 5.82 Å². The summed E-state index contributed by atoms with van der Waals surface area (Å²) in [4.78, 5) is 0. The molecule has 0 amide bonds. The third kappa shape index (κ3) is 4.78. The molecule has 0 aliphatic carbocycles. The minimum atomic E-state index is -4.69. The van der Waals surface area contributed by atoms with Gasteiger partial charge in [-0.2, -0.15) is 22.0 Å². The standard InChI is InChI=1S/C18H19F3N6O3S/c19-18(20,21)17-24-23-16-6-5-15(25-27(16)17)22-11-13-3-1-2-4-14(13)12-31(28,29)26-7-9-30-10-8-26/h1-6H,7-12H2,(H,22,25). The minimum Gasteiger partial charge on any atom is -0.379 e. The van der Waals surface area contributed by atoms with E-state index in [2.05, 4.69) is 20.6 Å². The van der Waals surface area contributed by atoms with Crippen LogP contribution < -0.4 is 5.32 Å². The highest BCUT2D eigenvalue weighted by molar-refractivity contribution is 7.88. The fourth-order valence-corrected chi connectivity index (χ4v) is 4.79. The van der Waals surface area contributed by atoms with Gasteiger partial charge in [-0.25, -0.2) is 8.42 Å². The molecule has 1 aliphatic heterocycles. The number of sulfonamides is 1. The van der Waals surface area contributed by atoms with Crippen LogP contribution in [0.3, 0.4) is 0 Å². The van der Waals surface area contributed by atoms with E-state index in [1.807, 2.05) is 0 Å². The number of fused-ring (bicyclic) bond motifs is 1. The Morgan fingerprint density at radius 3 is 2.45 bits per heavy atom. The number of morpholine rings is 1. The van der Waals surface area contributed by atoms with Crippen molar-refractivity contribution in [2.24, 2.45) is 0 Å². The summed E-state index contributed by atoms with van der Waals surface area (Å²) >= 11 is 0. The Morgan fingerprint density at radius 1 is 1.03 bits per heavy atom. The van der Waals surface area contributed by atoms with E-state index in [0.717, 1.165) is 0 Å². The maximum absolute atomic E-state index is 13.0. The van der Waals surface area contributed by atoms with E-state index in [9.17, 15) is 21.6 Å². The molecule has 3 aromatic rings. The summed E-state index contributed by atoms with van der Waals surface area (Å²) in [5, 5.41) is 13.5. The second-order valence-electron chi connectivity index (χ2n) is 6.90. The highest BCUT2D eigenvalue weighted by Gasteiger charge is 2.37. The first kappa shape index (κ1) is 21.5. The van der Waals surface area contributed by atoms with Crippen molar-refractivity contribution in [3.8, 4) is 0 Å². The lowest BCUT2D eigenvalue weighted by molar-refractivity contribution is -0.146. The predicted molar refractivity (Wildman–Crippen MR) is 105 cm³/mol. The molecule has 3 heterocycles. The number of halogens is 3. The van der Waals surface area contributed by atoms with Gasteiger partial charge in [0.1, 0.15) is 5.82 Å². The van der Waals surface area contributed by atoms with Crippen LogP contribution in [0, 0.1) is 0 Å². The molecule has 9 nitrogen and oxygen atoms in total. The number of nitrogens with zero attached hydrogens (tertiary/aromatic N) is 5. The molecule has 0 radical (unpaired) electrons. The van der Waals surface area contributed by atoms with Gasteiger partial charge in [0.15, 0.2) is 5.65 Å². The fraction of sp³-hybridized carbons (Fsp3) is 0.389. The Hall–Kier alpha value is -2.77. The molecule has 13 heteroatoms. The van der Waals surface area contributed by atoms with E-state index >= 15 is 0 Å². The third-order valence-electron chi connectivity index (χ3n) is 4.80. The number of aromatic nitrogens is 4. The molecule has 166 valence electrons. The zero-order valence-electron chi connectivity index (χ0n) is 16.2. The van der Waals surface area contributed by atoms with Crippen molar-refractivity contribution in [1.29, 1.82) is 0 Å². The number of rotatable bonds is 6. The van der Waals surface area contributed by atoms with Gasteiger partial charge in [0.2, 0.25) is 10.0 Å². The van der Waals surface area contributed by atoms with Crippen LogP contribution in [0.1, 0.15) is 17.0 Å². The quantitative estimate of drug-likeness (QED) is 0.605. The maximum Gasteiger partial charge on any atom is 0.453 e. The van der Waals surface area contributed by atoms with Crippen molar-refractivity contribution in [2.45, 2.75) is 18.5 Å². The molecule has 1 saturated heterocycles. The van der Waals surface area contributed by atoms with Crippen molar-refractivity contribution < 1.29 is 26.3 Å². The summed E-state index contributed by atoms with van der Waals surface area (Å²) in [6.07, 6.45) is -4.69. The Kier molecular flexibility index (Phi) is 5.81. The summed E-state index contributed by atoms with van der Waals surface area (Å²) in [6.45, 7) is 1.52. The lowest BCUT2D eigenvalue weighted by Gasteiger charge is -2.26. The number of benzene rings is 1. The van der Waals surface area contributed by atoms with Crippen LogP contribution in [-0.2, 0) is 33.2 Å². The van der Waals surface area contributed by atoms with E-state index < -0.39 is 22.0 Å². The average Bonchev–Trinajstić information content (AvgIpc) is 3.17. The fourth-order valence-electron chi connectivity index (χ4n) is 3.23. The Labute approximate surface area is 175 Å². The summed E-state index contributed by atoms with van der Waals surface area (Å²) in [5.74, 6) is -1.23. The summed E-state index contributed by atoms with van der Waals surface area (Å²) in [6, 6.07) is 9.83. The monoisotopic (exact) mass is 456 g/mol. The molecule has 1 N–H and O–H groups in total. The first-order valence-corrected chi connectivity index (χ1v) is 11.0. The van der Waals surface area contributed by atoms with E-state index in [4.69, 9.17) is 4.74 Å². The van der Waals surface area contributed by atoms with Crippen LogP contribution in [-0.4, -0.2) is 58.8 Å². The van der Waals surface area contributed by atoms with Gasteiger partial charge in [0, 0.05) is 19.6 Å². The smallest absolute Gasteiger partial charge is 0.379 e. The molecule has 1 fully saturated rings. The van der Waals surface area contributed by atoms with Crippen LogP contribution in [0.15, 0.2) is 36.4 Å². The molecule has 0 bridgehead atoms. The zero-order valence-corrected chi connectivity index (χ0v) is 17.0. The lowest BCUT2D eigenvalue weighted by Crippen LogP contribution is -2.41. The zero-order chi connectivity index (χ0) is 22.1. The van der Waals surface area contributed by atoms with Crippen LogP contribution in [0.25, 0.3) is 5.65 Å². The van der Waals surface area contributed by atoms with Gasteiger partial charge in [-0.05, 0) is 23.3 Å². The molecular formula is C18H19F3N6O3S. The number of hydrogen-bond acceptors (Lipinski definition) is 7. The Bertz CT molecular complexity index is 1180. The highest BCUT2D eigenvalue weighted by atomic mass is 32.2. The molecule has 0 spiro atoms. The second-order valence-corrected chi connectivity index (χ2v) is 8.87. The minimum absolute atomic E-state index is 0.0325. The molecule has 2 aromatic heterocycles. The summed E-state index contributed by atoms with van der Waals surface area (Å²) in [5.41, 5.74) is 1.26. The van der Waals surface area contributed by atoms with Gasteiger partial charge in [-0.15, -0.1) is 15.3 Å². The molecule has 1 aromatic carbocycles. The summed E-state index contributed by atoms with van der Waals surface area (Å²) in [7, 11) is -3.52. The van der Waals surface area contributed by atoms with Crippen molar-refractivity contribution in [2.75, 3.05) is 31.6 Å².